The van der Waals surface area contributed by atoms with Gasteiger partial charge in [-0.2, -0.15) is 0 Å². The highest BCUT2D eigenvalue weighted by Gasteiger charge is 2.09. The van der Waals surface area contributed by atoms with Gasteiger partial charge in [0.05, 0.1) is 0 Å². The van der Waals surface area contributed by atoms with Crippen LogP contribution in [0, 0.1) is 0 Å². The summed E-state index contributed by atoms with van der Waals surface area (Å²) in [6, 6.07) is 0. The van der Waals surface area contributed by atoms with Gasteiger partial charge in [-0.25, -0.2) is 0 Å². The normalized spacial score (nSPS) is 16.1. The van der Waals surface area contributed by atoms with E-state index in [1.807, 2.05) is 0 Å². The Morgan fingerprint density at radius 3 is 2.33 bits per heavy atom. The molecular formula is C8H15N. The summed E-state index contributed by atoms with van der Waals surface area (Å²) in [4.78, 5) is 2.44. The first kappa shape index (κ1) is 6.81. The summed E-state index contributed by atoms with van der Waals surface area (Å²) < 4.78 is 0. The van der Waals surface area contributed by atoms with Crippen molar-refractivity contribution in [3.63, 3.8) is 0 Å². The molecule has 0 spiro atoms. The topological polar surface area (TPSA) is 3.24 Å². The maximum absolute atomic E-state index is 2.44. The van der Waals surface area contributed by atoms with Crippen LogP contribution >= 0.6 is 0 Å². The van der Waals surface area contributed by atoms with Crippen LogP contribution in [0.5, 0.6) is 0 Å². The fraction of sp³-hybridized carbons (Fsp3) is 0.750. The first-order chi connectivity index (χ1) is 4.36. The zero-order chi connectivity index (χ0) is 6.69. The Hall–Kier alpha value is -0.300. The summed E-state index contributed by atoms with van der Waals surface area (Å²) in [5.41, 5.74) is 1.62. The molecule has 0 fully saturated rings. The summed E-state index contributed by atoms with van der Waals surface area (Å²) in [5, 5.41) is 0. The van der Waals surface area contributed by atoms with Crippen molar-refractivity contribution < 1.29 is 0 Å². The maximum Gasteiger partial charge on any atom is 0.0195 e. The average molecular weight is 125 g/mol. The highest BCUT2D eigenvalue weighted by atomic mass is 15.1. The molecule has 0 aromatic rings. The summed E-state index contributed by atoms with van der Waals surface area (Å²) in [6.45, 7) is 8.02. The van der Waals surface area contributed by atoms with Gasteiger partial charge in [-0.3, -0.25) is 4.90 Å². The Bertz CT molecular complexity index is 112. The summed E-state index contributed by atoms with van der Waals surface area (Å²) in [6.07, 6.45) is 3.58. The molecule has 52 valence electrons. The van der Waals surface area contributed by atoms with Crippen LogP contribution in [0.3, 0.4) is 0 Å². The van der Waals surface area contributed by atoms with E-state index in [0.29, 0.717) is 0 Å². The Morgan fingerprint density at radius 1 is 1.44 bits per heavy atom. The van der Waals surface area contributed by atoms with Gasteiger partial charge < -0.3 is 0 Å². The van der Waals surface area contributed by atoms with Crippen LogP contribution in [-0.2, 0) is 0 Å². The first-order valence-corrected chi connectivity index (χ1v) is 3.77. The van der Waals surface area contributed by atoms with Crippen molar-refractivity contribution >= 4 is 0 Å². The molecule has 0 aromatic heterocycles. The van der Waals surface area contributed by atoms with Gasteiger partial charge in [-0.05, 0) is 19.5 Å². The summed E-state index contributed by atoms with van der Waals surface area (Å²) in [5.74, 6) is 0. The van der Waals surface area contributed by atoms with Crippen LogP contribution in [0.25, 0.3) is 0 Å². The molecule has 0 bridgehead atoms. The third-order valence-corrected chi connectivity index (χ3v) is 1.81. The zero-order valence-corrected chi connectivity index (χ0v) is 6.35. The Kier molecular flexibility index (Phi) is 2.29. The van der Waals surface area contributed by atoms with E-state index in [9.17, 15) is 0 Å². The molecule has 9 heavy (non-hydrogen) atoms. The van der Waals surface area contributed by atoms with Gasteiger partial charge in [0.15, 0.2) is 0 Å². The van der Waals surface area contributed by atoms with E-state index >= 15 is 0 Å². The number of hydrogen-bond acceptors (Lipinski definition) is 1. The quantitative estimate of drug-likeness (QED) is 0.516. The van der Waals surface area contributed by atoms with E-state index in [1.165, 1.54) is 26.1 Å². The highest BCUT2D eigenvalue weighted by molar-refractivity contribution is 5.23. The lowest BCUT2D eigenvalue weighted by molar-refractivity contribution is 0.332. The van der Waals surface area contributed by atoms with Crippen LogP contribution in [0.1, 0.15) is 20.3 Å². The molecule has 0 radical (unpaired) electrons. The number of nitrogens with zero attached hydrogens (tertiary/aromatic N) is 1. The lowest BCUT2D eigenvalue weighted by Gasteiger charge is -2.15. The zero-order valence-electron chi connectivity index (χ0n) is 6.35. The van der Waals surface area contributed by atoms with Crippen LogP contribution in [-0.4, -0.2) is 24.5 Å². The molecule has 0 amide bonds. The second-order valence-corrected chi connectivity index (χ2v) is 2.53. The molecule has 0 unspecified atom stereocenters. The predicted octanol–water partition coefficient (Wildman–Crippen LogP) is 1.66. The minimum atomic E-state index is 1.19. The van der Waals surface area contributed by atoms with Crippen molar-refractivity contribution in [3.05, 3.63) is 11.6 Å². The van der Waals surface area contributed by atoms with Gasteiger partial charge in [0.25, 0.3) is 0 Å². The van der Waals surface area contributed by atoms with E-state index in [-0.39, 0.29) is 0 Å². The molecule has 1 aliphatic carbocycles. The summed E-state index contributed by atoms with van der Waals surface area (Å²) >= 11 is 0. The third-order valence-electron chi connectivity index (χ3n) is 1.81. The first-order valence-electron chi connectivity index (χ1n) is 3.77. The smallest absolute Gasteiger partial charge is 0.0195 e. The van der Waals surface area contributed by atoms with Gasteiger partial charge >= 0.3 is 0 Å². The SMILES string of the molecule is CCN(CC)CC1=CC1. The molecule has 1 heteroatoms. The van der Waals surface area contributed by atoms with E-state index in [1.54, 1.807) is 5.57 Å². The molecule has 1 rings (SSSR count). The molecule has 0 saturated heterocycles. The van der Waals surface area contributed by atoms with Crippen molar-refractivity contribution in [3.8, 4) is 0 Å². The molecular weight excluding hydrogens is 110 g/mol. The van der Waals surface area contributed by atoms with E-state index in [0.717, 1.165) is 0 Å². The van der Waals surface area contributed by atoms with Crippen LogP contribution in [0.2, 0.25) is 0 Å². The largest absolute Gasteiger partial charge is 0.300 e. The van der Waals surface area contributed by atoms with E-state index in [4.69, 9.17) is 0 Å². The fourth-order valence-corrected chi connectivity index (χ4v) is 0.936. The van der Waals surface area contributed by atoms with Crippen LogP contribution < -0.4 is 0 Å². The lowest BCUT2D eigenvalue weighted by atomic mass is 10.4. The maximum atomic E-state index is 2.44. The van der Waals surface area contributed by atoms with Gasteiger partial charge in [-0.15, -0.1) is 0 Å². The van der Waals surface area contributed by atoms with Crippen LogP contribution in [0.4, 0.5) is 0 Å². The predicted molar refractivity (Wildman–Crippen MR) is 40.5 cm³/mol. The molecule has 0 saturated carbocycles. The number of hydrogen-bond donors (Lipinski definition) is 0. The molecule has 1 aliphatic rings. The third kappa shape index (κ3) is 2.19. The van der Waals surface area contributed by atoms with Gasteiger partial charge in [0, 0.05) is 6.54 Å². The average Bonchev–Trinajstić information content (AvgIpc) is 2.66. The van der Waals surface area contributed by atoms with Gasteiger partial charge in [0.1, 0.15) is 0 Å². The monoisotopic (exact) mass is 125 g/mol. The second kappa shape index (κ2) is 3.02. The molecule has 0 aliphatic heterocycles. The van der Waals surface area contributed by atoms with Crippen molar-refractivity contribution in [2.24, 2.45) is 0 Å². The standard InChI is InChI=1S/C8H15N/c1-3-9(4-2)7-8-5-6-8/h5H,3-4,6-7H2,1-2H3. The van der Waals surface area contributed by atoms with Crippen molar-refractivity contribution in [2.45, 2.75) is 20.3 Å². The number of likely N-dealkylation sites (N-methyl/N-ethyl adjacent to an activating group) is 1. The van der Waals surface area contributed by atoms with Crippen molar-refractivity contribution in [1.29, 1.82) is 0 Å². The minimum Gasteiger partial charge on any atom is -0.300 e. The Labute approximate surface area is 57.4 Å². The van der Waals surface area contributed by atoms with Gasteiger partial charge in [0.2, 0.25) is 0 Å². The Morgan fingerprint density at radius 2 is 2.00 bits per heavy atom. The fourth-order valence-electron chi connectivity index (χ4n) is 0.936. The molecule has 0 N–H and O–H groups in total. The summed E-state index contributed by atoms with van der Waals surface area (Å²) in [7, 11) is 0. The Balaban J connectivity index is 2.13. The van der Waals surface area contributed by atoms with Crippen LogP contribution in [0.15, 0.2) is 11.6 Å². The van der Waals surface area contributed by atoms with Crippen molar-refractivity contribution in [1.82, 2.24) is 4.90 Å². The number of rotatable bonds is 4. The lowest BCUT2D eigenvalue weighted by Crippen LogP contribution is -2.23. The minimum absolute atomic E-state index is 1.19. The number of allylic oxidation sites excluding steroid dienone is 1. The molecule has 0 aromatic carbocycles. The molecule has 1 nitrogen and oxygen atoms in total. The molecule has 0 atom stereocenters. The second-order valence-electron chi connectivity index (χ2n) is 2.53. The van der Waals surface area contributed by atoms with E-state index < -0.39 is 0 Å². The van der Waals surface area contributed by atoms with Crippen molar-refractivity contribution in [2.75, 3.05) is 19.6 Å². The molecule has 0 heterocycles. The highest BCUT2D eigenvalue weighted by Crippen LogP contribution is 2.18. The van der Waals surface area contributed by atoms with Gasteiger partial charge in [-0.1, -0.05) is 25.5 Å². The van der Waals surface area contributed by atoms with E-state index in [2.05, 4.69) is 24.8 Å².